The van der Waals surface area contributed by atoms with Crippen molar-refractivity contribution in [3.8, 4) is 0 Å². The van der Waals surface area contributed by atoms with Crippen molar-refractivity contribution in [2.45, 2.75) is 341 Å². The zero-order valence-electron chi connectivity index (χ0n) is 52.8. The lowest BCUT2D eigenvalue weighted by atomic mass is 10.0. The number of esters is 3. The molecule has 1 atom stereocenters. The Morgan fingerprint density at radius 1 is 0.263 bits per heavy atom. The van der Waals surface area contributed by atoms with Crippen molar-refractivity contribution in [1.82, 2.24) is 0 Å². The predicted octanol–water partition coefficient (Wildman–Crippen LogP) is 23.6. The van der Waals surface area contributed by atoms with E-state index in [0.29, 0.717) is 19.3 Å². The third-order valence-electron chi connectivity index (χ3n) is 14.8. The number of carbonyl (C=O) groups excluding carboxylic acids is 3. The Hall–Kier alpha value is -3.67. The first-order valence-electron chi connectivity index (χ1n) is 34.2. The highest BCUT2D eigenvalue weighted by atomic mass is 16.6. The van der Waals surface area contributed by atoms with Crippen LogP contribution >= 0.6 is 0 Å². The molecule has 0 aromatic heterocycles. The number of carbonyl (C=O) groups is 3. The standard InChI is InChI=1S/C74H128O6/c1-4-7-10-13-16-19-22-25-28-30-32-33-34-35-36-37-38-39-40-41-42-44-46-49-52-55-58-61-64-67-73(76)79-70-71(69-78-72(75)66-63-60-57-54-51-48-45-27-24-21-18-15-12-9-6-3)80-74(77)68-65-62-59-56-53-50-47-43-31-29-26-23-20-17-14-11-8-5-2/h7,10,16,18-19,21,25,27-28,32-33,35-36,38-39,45,71H,4-6,8-9,11-15,17,20,22-24,26,29-31,34,37,40-44,46-70H2,1-3H3/b10-7-,19-16-,21-18-,28-25-,33-32-,36-35-,39-38-,45-27-. The van der Waals surface area contributed by atoms with E-state index in [9.17, 15) is 14.4 Å². The van der Waals surface area contributed by atoms with Crippen LogP contribution in [0.1, 0.15) is 335 Å². The first kappa shape index (κ1) is 76.3. The molecule has 0 aromatic carbocycles. The summed E-state index contributed by atoms with van der Waals surface area (Å²) < 4.78 is 17.0. The molecule has 0 bridgehead atoms. The van der Waals surface area contributed by atoms with E-state index in [1.54, 1.807) is 0 Å². The molecule has 1 unspecified atom stereocenters. The Morgan fingerprint density at radius 2 is 0.487 bits per heavy atom. The Bertz CT molecular complexity index is 1560. The molecule has 0 heterocycles. The molecule has 0 aliphatic carbocycles. The van der Waals surface area contributed by atoms with Gasteiger partial charge in [0.15, 0.2) is 6.10 Å². The molecular weight excluding hydrogens is 985 g/mol. The van der Waals surface area contributed by atoms with Gasteiger partial charge < -0.3 is 14.2 Å². The summed E-state index contributed by atoms with van der Waals surface area (Å²) in [5.74, 6) is -0.883. The van der Waals surface area contributed by atoms with Crippen LogP contribution in [0.15, 0.2) is 97.2 Å². The number of allylic oxidation sites excluding steroid dienone is 16. The number of hydrogen-bond acceptors (Lipinski definition) is 6. The van der Waals surface area contributed by atoms with Gasteiger partial charge in [-0.25, -0.2) is 0 Å². The van der Waals surface area contributed by atoms with Gasteiger partial charge in [0.2, 0.25) is 0 Å². The number of ether oxygens (including phenoxy) is 3. The van der Waals surface area contributed by atoms with Gasteiger partial charge in [-0.3, -0.25) is 14.4 Å². The molecule has 0 saturated heterocycles. The fraction of sp³-hybridized carbons (Fsp3) is 0.743. The lowest BCUT2D eigenvalue weighted by Crippen LogP contribution is -2.30. The monoisotopic (exact) mass is 1110 g/mol. The van der Waals surface area contributed by atoms with E-state index in [-0.39, 0.29) is 31.1 Å². The Balaban J connectivity index is 4.31. The highest BCUT2D eigenvalue weighted by Crippen LogP contribution is 2.17. The van der Waals surface area contributed by atoms with Crippen LogP contribution in [-0.4, -0.2) is 37.2 Å². The second-order valence-electron chi connectivity index (χ2n) is 22.7. The van der Waals surface area contributed by atoms with Crippen molar-refractivity contribution in [1.29, 1.82) is 0 Å². The summed E-state index contributed by atoms with van der Waals surface area (Å²) >= 11 is 0. The molecular formula is C74H128O6. The summed E-state index contributed by atoms with van der Waals surface area (Å²) in [6.45, 7) is 6.53. The van der Waals surface area contributed by atoms with Crippen LogP contribution in [0.2, 0.25) is 0 Å². The van der Waals surface area contributed by atoms with Crippen molar-refractivity contribution >= 4 is 17.9 Å². The van der Waals surface area contributed by atoms with E-state index in [2.05, 4.69) is 118 Å². The summed E-state index contributed by atoms with van der Waals surface area (Å²) in [7, 11) is 0. The van der Waals surface area contributed by atoms with E-state index in [0.717, 1.165) is 116 Å². The molecule has 460 valence electrons. The topological polar surface area (TPSA) is 78.9 Å². The summed E-state index contributed by atoms with van der Waals surface area (Å²) in [6.07, 6.45) is 91.3. The minimum atomic E-state index is -0.785. The maximum Gasteiger partial charge on any atom is 0.306 e. The molecule has 6 heteroatoms. The number of rotatable bonds is 62. The highest BCUT2D eigenvalue weighted by molar-refractivity contribution is 5.71. The molecule has 0 aromatic rings. The van der Waals surface area contributed by atoms with Gasteiger partial charge in [-0.05, 0) is 103 Å². The summed E-state index contributed by atoms with van der Waals surface area (Å²) in [5.41, 5.74) is 0. The molecule has 0 fully saturated rings. The third kappa shape index (κ3) is 65.1. The average Bonchev–Trinajstić information content (AvgIpc) is 3.46. The molecule has 80 heavy (non-hydrogen) atoms. The largest absolute Gasteiger partial charge is 0.462 e. The molecule has 0 saturated carbocycles. The van der Waals surface area contributed by atoms with Crippen LogP contribution in [0.25, 0.3) is 0 Å². The van der Waals surface area contributed by atoms with Gasteiger partial charge in [-0.15, -0.1) is 0 Å². The van der Waals surface area contributed by atoms with Gasteiger partial charge in [0, 0.05) is 19.3 Å². The van der Waals surface area contributed by atoms with Crippen LogP contribution in [0.3, 0.4) is 0 Å². The molecule has 0 amide bonds. The van der Waals surface area contributed by atoms with Gasteiger partial charge in [0.05, 0.1) is 0 Å². The minimum absolute atomic E-state index is 0.0813. The molecule has 6 nitrogen and oxygen atoms in total. The number of hydrogen-bond donors (Lipinski definition) is 0. The smallest absolute Gasteiger partial charge is 0.306 e. The van der Waals surface area contributed by atoms with Gasteiger partial charge in [-0.1, -0.05) is 311 Å². The maximum absolute atomic E-state index is 12.9. The van der Waals surface area contributed by atoms with Crippen LogP contribution in [0.4, 0.5) is 0 Å². The Labute approximate surface area is 496 Å². The molecule has 0 N–H and O–H groups in total. The Kier molecular flexibility index (Phi) is 64.7. The average molecular weight is 1110 g/mol. The van der Waals surface area contributed by atoms with Crippen LogP contribution in [-0.2, 0) is 28.6 Å². The fourth-order valence-corrected chi connectivity index (χ4v) is 9.71. The van der Waals surface area contributed by atoms with Crippen LogP contribution in [0, 0.1) is 0 Å². The maximum atomic E-state index is 12.9. The molecule has 0 radical (unpaired) electrons. The molecule has 0 spiro atoms. The van der Waals surface area contributed by atoms with Gasteiger partial charge in [0.1, 0.15) is 13.2 Å². The van der Waals surface area contributed by atoms with E-state index < -0.39 is 6.10 Å². The van der Waals surface area contributed by atoms with E-state index in [4.69, 9.17) is 14.2 Å². The lowest BCUT2D eigenvalue weighted by molar-refractivity contribution is -0.167. The van der Waals surface area contributed by atoms with Crippen molar-refractivity contribution < 1.29 is 28.6 Å². The van der Waals surface area contributed by atoms with Crippen molar-refractivity contribution in [2.24, 2.45) is 0 Å². The van der Waals surface area contributed by atoms with Crippen molar-refractivity contribution in [2.75, 3.05) is 13.2 Å². The first-order chi connectivity index (χ1) is 39.5. The van der Waals surface area contributed by atoms with E-state index in [1.807, 2.05) is 0 Å². The van der Waals surface area contributed by atoms with E-state index >= 15 is 0 Å². The quantitative estimate of drug-likeness (QED) is 0.0261. The predicted molar refractivity (Wildman–Crippen MR) is 348 cm³/mol. The number of unbranched alkanes of at least 4 members (excludes halogenated alkanes) is 35. The van der Waals surface area contributed by atoms with Crippen molar-refractivity contribution in [3.05, 3.63) is 97.2 Å². The van der Waals surface area contributed by atoms with E-state index in [1.165, 1.54) is 180 Å². The second-order valence-corrected chi connectivity index (χ2v) is 22.7. The summed E-state index contributed by atoms with van der Waals surface area (Å²) in [4.78, 5) is 38.4. The van der Waals surface area contributed by atoms with Gasteiger partial charge in [-0.2, -0.15) is 0 Å². The van der Waals surface area contributed by atoms with Gasteiger partial charge in [0.25, 0.3) is 0 Å². The SMILES string of the molecule is CC/C=C\C/C=C\C/C=C\C/C=C\C/C=C\C/C=C\CCCCCCCCCCCCC(=O)OCC(COC(=O)CCCCCCC/C=C\C/C=C\CCCCC)OC(=O)CCCCCCCCCCCCCCCCCCCC. The molecule has 0 aliphatic rings. The lowest BCUT2D eigenvalue weighted by Gasteiger charge is -2.18. The zero-order valence-corrected chi connectivity index (χ0v) is 52.8. The zero-order chi connectivity index (χ0) is 57.8. The molecule has 0 rings (SSSR count). The summed E-state index contributed by atoms with van der Waals surface area (Å²) in [5, 5.41) is 0. The highest BCUT2D eigenvalue weighted by Gasteiger charge is 2.19. The fourth-order valence-electron chi connectivity index (χ4n) is 9.71. The Morgan fingerprint density at radius 3 is 0.787 bits per heavy atom. The van der Waals surface area contributed by atoms with Crippen LogP contribution in [0.5, 0.6) is 0 Å². The van der Waals surface area contributed by atoms with Crippen molar-refractivity contribution in [3.63, 3.8) is 0 Å². The first-order valence-corrected chi connectivity index (χ1v) is 34.2. The summed E-state index contributed by atoms with van der Waals surface area (Å²) in [6, 6.07) is 0. The minimum Gasteiger partial charge on any atom is -0.462 e. The third-order valence-corrected chi connectivity index (χ3v) is 14.8. The van der Waals surface area contributed by atoms with Gasteiger partial charge >= 0.3 is 17.9 Å². The second kappa shape index (κ2) is 67.8. The van der Waals surface area contributed by atoms with Crippen LogP contribution < -0.4 is 0 Å². The normalized spacial score (nSPS) is 12.7. The molecule has 0 aliphatic heterocycles.